The lowest BCUT2D eigenvalue weighted by Gasteiger charge is -2.04. The van der Waals surface area contributed by atoms with Crippen molar-refractivity contribution in [3.8, 4) is 0 Å². The van der Waals surface area contributed by atoms with E-state index in [0.717, 1.165) is 5.39 Å². The maximum absolute atomic E-state index is 11.8. The Morgan fingerprint density at radius 2 is 1.89 bits per heavy atom. The zero-order valence-corrected chi connectivity index (χ0v) is 9.33. The van der Waals surface area contributed by atoms with Gasteiger partial charge >= 0.3 is 5.63 Å². The fraction of sp³-hybridized carbons (Fsp3) is 0. The van der Waals surface area contributed by atoms with E-state index in [1.165, 1.54) is 6.33 Å². The molecule has 0 bridgehead atoms. The first-order valence-electron chi connectivity index (χ1n) is 5.38. The van der Waals surface area contributed by atoms with Gasteiger partial charge in [0.25, 0.3) is 0 Å². The van der Waals surface area contributed by atoms with Gasteiger partial charge in [-0.2, -0.15) is 0 Å². The van der Waals surface area contributed by atoms with E-state index in [4.69, 9.17) is 4.42 Å². The number of nitrogens with one attached hydrogen (secondary N) is 1. The van der Waals surface area contributed by atoms with E-state index in [2.05, 4.69) is 15.3 Å². The molecule has 3 rings (SSSR count). The molecule has 5 nitrogen and oxygen atoms in total. The summed E-state index contributed by atoms with van der Waals surface area (Å²) in [6.07, 6.45) is 4.59. The number of fused-ring (bicyclic) bond motifs is 1. The number of rotatable bonds is 2. The van der Waals surface area contributed by atoms with E-state index in [9.17, 15) is 4.79 Å². The summed E-state index contributed by atoms with van der Waals surface area (Å²) in [6, 6.07) is 9.09. The van der Waals surface area contributed by atoms with Crippen molar-refractivity contribution in [1.82, 2.24) is 9.97 Å². The van der Waals surface area contributed by atoms with Gasteiger partial charge in [-0.1, -0.05) is 18.2 Å². The molecule has 0 radical (unpaired) electrons. The van der Waals surface area contributed by atoms with Crippen LogP contribution in [-0.2, 0) is 0 Å². The maximum Gasteiger partial charge on any atom is 0.360 e. The van der Waals surface area contributed by atoms with Gasteiger partial charge in [-0.15, -0.1) is 0 Å². The molecule has 0 fully saturated rings. The monoisotopic (exact) mass is 239 g/mol. The van der Waals surface area contributed by atoms with Crippen LogP contribution in [0.15, 0.2) is 58.3 Å². The van der Waals surface area contributed by atoms with Crippen LogP contribution < -0.4 is 10.9 Å². The Morgan fingerprint density at radius 1 is 1.11 bits per heavy atom. The predicted molar refractivity (Wildman–Crippen MR) is 67.8 cm³/mol. The van der Waals surface area contributed by atoms with Crippen LogP contribution in [-0.4, -0.2) is 9.97 Å². The van der Waals surface area contributed by atoms with Gasteiger partial charge in [0, 0.05) is 5.39 Å². The number of hydrogen-bond donors (Lipinski definition) is 1. The summed E-state index contributed by atoms with van der Waals surface area (Å²) < 4.78 is 5.21. The number of anilines is 2. The van der Waals surface area contributed by atoms with Crippen LogP contribution in [0.4, 0.5) is 11.4 Å². The minimum Gasteiger partial charge on any atom is -0.421 e. The highest BCUT2D eigenvalue weighted by Crippen LogP contribution is 2.17. The van der Waals surface area contributed by atoms with E-state index in [-0.39, 0.29) is 0 Å². The fourth-order valence-electron chi connectivity index (χ4n) is 1.67. The van der Waals surface area contributed by atoms with E-state index >= 15 is 0 Å². The second-order valence-corrected chi connectivity index (χ2v) is 3.74. The molecule has 0 unspecified atom stereocenters. The lowest BCUT2D eigenvalue weighted by Crippen LogP contribution is -2.06. The summed E-state index contributed by atoms with van der Waals surface area (Å²) >= 11 is 0. The first-order chi connectivity index (χ1) is 8.83. The smallest absolute Gasteiger partial charge is 0.360 e. The van der Waals surface area contributed by atoms with Crippen LogP contribution >= 0.6 is 0 Å². The van der Waals surface area contributed by atoms with Crippen molar-refractivity contribution < 1.29 is 4.42 Å². The average molecular weight is 239 g/mol. The zero-order valence-electron chi connectivity index (χ0n) is 9.33. The molecular formula is C13H9N3O2. The number of aromatic nitrogens is 2. The van der Waals surface area contributed by atoms with Crippen molar-refractivity contribution in [1.29, 1.82) is 0 Å². The third-order valence-electron chi connectivity index (χ3n) is 2.48. The van der Waals surface area contributed by atoms with Crippen molar-refractivity contribution in [2.75, 3.05) is 5.32 Å². The molecule has 5 heteroatoms. The summed E-state index contributed by atoms with van der Waals surface area (Å²) in [4.78, 5) is 19.5. The normalized spacial score (nSPS) is 10.4. The number of nitrogens with zero attached hydrogens (tertiary/aromatic N) is 2. The second-order valence-electron chi connectivity index (χ2n) is 3.74. The van der Waals surface area contributed by atoms with Crippen molar-refractivity contribution in [2.45, 2.75) is 0 Å². The van der Waals surface area contributed by atoms with Gasteiger partial charge in [0.05, 0.1) is 18.1 Å². The van der Waals surface area contributed by atoms with Crippen molar-refractivity contribution in [3.05, 3.63) is 59.5 Å². The van der Waals surface area contributed by atoms with Crippen LogP contribution in [0, 0.1) is 0 Å². The molecule has 2 heterocycles. The van der Waals surface area contributed by atoms with Gasteiger partial charge in [0.1, 0.15) is 17.6 Å². The van der Waals surface area contributed by atoms with Crippen LogP contribution in [0.5, 0.6) is 0 Å². The van der Waals surface area contributed by atoms with E-state index in [0.29, 0.717) is 17.0 Å². The molecule has 1 N–H and O–H groups in total. The molecule has 1 aromatic carbocycles. The molecule has 0 saturated carbocycles. The van der Waals surface area contributed by atoms with E-state index in [1.54, 1.807) is 24.5 Å². The second kappa shape index (κ2) is 4.29. The topological polar surface area (TPSA) is 68.0 Å². The molecule has 0 amide bonds. The SMILES string of the molecule is O=c1oc2ccccc2cc1Nc1cncnc1. The quantitative estimate of drug-likeness (QED) is 0.695. The molecule has 2 aromatic heterocycles. The van der Waals surface area contributed by atoms with Crippen molar-refractivity contribution in [2.24, 2.45) is 0 Å². The van der Waals surface area contributed by atoms with Gasteiger partial charge in [-0.05, 0) is 12.1 Å². The van der Waals surface area contributed by atoms with Crippen LogP contribution in [0.25, 0.3) is 11.0 Å². The van der Waals surface area contributed by atoms with Gasteiger partial charge in [0.2, 0.25) is 0 Å². The van der Waals surface area contributed by atoms with Crippen molar-refractivity contribution >= 4 is 22.3 Å². The molecule has 0 saturated heterocycles. The van der Waals surface area contributed by atoms with E-state index < -0.39 is 5.63 Å². The minimum atomic E-state index is -0.419. The van der Waals surface area contributed by atoms with Gasteiger partial charge in [-0.25, -0.2) is 14.8 Å². The summed E-state index contributed by atoms with van der Waals surface area (Å²) in [5.74, 6) is 0. The van der Waals surface area contributed by atoms with Gasteiger partial charge < -0.3 is 9.73 Å². The van der Waals surface area contributed by atoms with Crippen LogP contribution in [0.2, 0.25) is 0 Å². The Kier molecular flexibility index (Phi) is 2.49. The summed E-state index contributed by atoms with van der Waals surface area (Å²) in [7, 11) is 0. The molecular weight excluding hydrogens is 230 g/mol. The fourth-order valence-corrected chi connectivity index (χ4v) is 1.67. The van der Waals surface area contributed by atoms with Gasteiger partial charge in [-0.3, -0.25) is 0 Å². The maximum atomic E-state index is 11.8. The first-order valence-corrected chi connectivity index (χ1v) is 5.38. The molecule has 0 aliphatic rings. The summed E-state index contributed by atoms with van der Waals surface area (Å²) in [5.41, 5.74) is 1.15. The highest BCUT2D eigenvalue weighted by atomic mass is 16.4. The highest BCUT2D eigenvalue weighted by molar-refractivity contribution is 5.80. The molecule has 0 atom stereocenters. The molecule has 0 spiro atoms. The summed E-state index contributed by atoms with van der Waals surface area (Å²) in [6.45, 7) is 0. The van der Waals surface area contributed by atoms with E-state index in [1.807, 2.05) is 18.2 Å². The molecule has 88 valence electrons. The lowest BCUT2D eigenvalue weighted by atomic mass is 10.2. The Labute approximate surface area is 102 Å². The Bertz CT molecular complexity index is 738. The molecule has 0 aliphatic carbocycles. The highest BCUT2D eigenvalue weighted by Gasteiger charge is 2.05. The largest absolute Gasteiger partial charge is 0.421 e. The molecule has 3 aromatic rings. The first kappa shape index (κ1) is 10.5. The van der Waals surface area contributed by atoms with Crippen molar-refractivity contribution in [3.63, 3.8) is 0 Å². The zero-order chi connectivity index (χ0) is 12.4. The average Bonchev–Trinajstić information content (AvgIpc) is 2.41. The third kappa shape index (κ3) is 1.93. The molecule has 18 heavy (non-hydrogen) atoms. The Hall–Kier alpha value is -2.69. The lowest BCUT2D eigenvalue weighted by molar-refractivity contribution is 0.564. The number of benzene rings is 1. The Balaban J connectivity index is 2.07. The summed E-state index contributed by atoms with van der Waals surface area (Å²) in [5, 5.41) is 3.79. The number of para-hydroxylation sites is 1. The van der Waals surface area contributed by atoms with Crippen LogP contribution in [0.3, 0.4) is 0 Å². The van der Waals surface area contributed by atoms with Crippen LogP contribution in [0.1, 0.15) is 0 Å². The number of hydrogen-bond acceptors (Lipinski definition) is 5. The van der Waals surface area contributed by atoms with Gasteiger partial charge in [0.15, 0.2) is 0 Å². The predicted octanol–water partition coefficient (Wildman–Crippen LogP) is 2.33. The third-order valence-corrected chi connectivity index (χ3v) is 2.48. The standard InChI is InChI=1S/C13H9N3O2/c17-13-11(16-10-6-14-8-15-7-10)5-9-3-1-2-4-12(9)18-13/h1-8,16H. The minimum absolute atomic E-state index is 0.364. The Morgan fingerprint density at radius 3 is 2.72 bits per heavy atom. The molecule has 0 aliphatic heterocycles.